The topological polar surface area (TPSA) is 40.5 Å². The molecule has 0 aliphatic rings. The van der Waals surface area contributed by atoms with Crippen molar-refractivity contribution >= 4 is 0 Å². The first-order valence-corrected chi connectivity index (χ1v) is 4.18. The van der Waals surface area contributed by atoms with Crippen LogP contribution in [0.15, 0.2) is 12.2 Å². The van der Waals surface area contributed by atoms with Crippen molar-refractivity contribution in [2.75, 3.05) is 13.2 Å². The molecule has 0 saturated heterocycles. The third kappa shape index (κ3) is 7.56. The van der Waals surface area contributed by atoms with Crippen molar-refractivity contribution in [3.63, 3.8) is 0 Å². The van der Waals surface area contributed by atoms with Crippen molar-refractivity contribution < 1.29 is 10.2 Å². The standard InChI is InChI=1S/C9H18O2/c1-9(8-11)6-4-2-3-5-7-10/h3,5,9-11H,2,4,6-8H2,1H3. The molecule has 2 nitrogen and oxygen atoms in total. The van der Waals surface area contributed by atoms with Gasteiger partial charge in [0, 0.05) is 6.61 Å². The van der Waals surface area contributed by atoms with Crippen LogP contribution in [0.4, 0.5) is 0 Å². The molecular weight excluding hydrogens is 140 g/mol. The van der Waals surface area contributed by atoms with Gasteiger partial charge in [0.2, 0.25) is 0 Å². The van der Waals surface area contributed by atoms with Crippen molar-refractivity contribution in [2.45, 2.75) is 26.2 Å². The van der Waals surface area contributed by atoms with Gasteiger partial charge in [0.25, 0.3) is 0 Å². The van der Waals surface area contributed by atoms with Crippen LogP contribution in [0.25, 0.3) is 0 Å². The fraction of sp³-hybridized carbons (Fsp3) is 0.778. The van der Waals surface area contributed by atoms with Gasteiger partial charge >= 0.3 is 0 Å². The molecule has 0 aliphatic heterocycles. The molecule has 0 radical (unpaired) electrons. The van der Waals surface area contributed by atoms with Gasteiger partial charge in [0.1, 0.15) is 0 Å². The highest BCUT2D eigenvalue weighted by Gasteiger charge is 1.96. The summed E-state index contributed by atoms with van der Waals surface area (Å²) in [4.78, 5) is 0. The van der Waals surface area contributed by atoms with Crippen LogP contribution in [0.1, 0.15) is 26.2 Å². The van der Waals surface area contributed by atoms with E-state index in [2.05, 4.69) is 0 Å². The quantitative estimate of drug-likeness (QED) is 0.452. The molecule has 11 heavy (non-hydrogen) atoms. The number of hydrogen-bond donors (Lipinski definition) is 2. The molecule has 2 N–H and O–H groups in total. The molecule has 1 atom stereocenters. The van der Waals surface area contributed by atoms with E-state index in [0.717, 1.165) is 19.3 Å². The summed E-state index contributed by atoms with van der Waals surface area (Å²) >= 11 is 0. The van der Waals surface area contributed by atoms with Gasteiger partial charge in [0.05, 0.1) is 6.61 Å². The highest BCUT2D eigenvalue weighted by atomic mass is 16.3. The predicted octanol–water partition coefficient (Wildman–Crippen LogP) is 1.33. The summed E-state index contributed by atoms with van der Waals surface area (Å²) in [6.45, 7) is 2.45. The van der Waals surface area contributed by atoms with E-state index < -0.39 is 0 Å². The average molecular weight is 158 g/mol. The second kappa shape index (κ2) is 7.76. The van der Waals surface area contributed by atoms with E-state index in [9.17, 15) is 0 Å². The molecule has 0 bridgehead atoms. The Morgan fingerprint density at radius 1 is 1.27 bits per heavy atom. The Morgan fingerprint density at radius 2 is 2.00 bits per heavy atom. The largest absolute Gasteiger partial charge is 0.396 e. The molecule has 0 aromatic carbocycles. The number of aliphatic hydroxyl groups is 2. The second-order valence-electron chi connectivity index (χ2n) is 2.87. The SMILES string of the molecule is CC(CO)CCCC=CCO. The van der Waals surface area contributed by atoms with Crippen molar-refractivity contribution in [3.05, 3.63) is 12.2 Å². The molecule has 0 saturated carbocycles. The van der Waals surface area contributed by atoms with Gasteiger partial charge in [-0.2, -0.15) is 0 Å². The number of rotatable bonds is 6. The number of hydrogen-bond acceptors (Lipinski definition) is 2. The summed E-state index contributed by atoms with van der Waals surface area (Å²) < 4.78 is 0. The summed E-state index contributed by atoms with van der Waals surface area (Å²) in [5.41, 5.74) is 0. The Morgan fingerprint density at radius 3 is 2.55 bits per heavy atom. The summed E-state index contributed by atoms with van der Waals surface area (Å²) in [7, 11) is 0. The van der Waals surface area contributed by atoms with Gasteiger partial charge in [-0.05, 0) is 25.2 Å². The maximum atomic E-state index is 8.68. The molecule has 66 valence electrons. The van der Waals surface area contributed by atoms with Crippen molar-refractivity contribution in [3.8, 4) is 0 Å². The molecule has 0 amide bonds. The first-order chi connectivity index (χ1) is 5.31. The molecule has 1 unspecified atom stereocenters. The van der Waals surface area contributed by atoms with Crippen LogP contribution >= 0.6 is 0 Å². The Kier molecular flexibility index (Phi) is 7.52. The Hall–Kier alpha value is -0.340. The van der Waals surface area contributed by atoms with Gasteiger partial charge in [-0.3, -0.25) is 0 Å². The monoisotopic (exact) mass is 158 g/mol. The number of aliphatic hydroxyl groups excluding tert-OH is 2. The van der Waals surface area contributed by atoms with Crippen LogP contribution in [-0.2, 0) is 0 Å². The first-order valence-electron chi connectivity index (χ1n) is 4.18. The molecule has 0 spiro atoms. The molecule has 0 rings (SSSR count). The minimum absolute atomic E-state index is 0.134. The van der Waals surface area contributed by atoms with Crippen LogP contribution in [0, 0.1) is 5.92 Å². The highest BCUT2D eigenvalue weighted by molar-refractivity contribution is 4.80. The molecule has 0 aromatic heterocycles. The van der Waals surface area contributed by atoms with E-state index in [-0.39, 0.29) is 13.2 Å². The second-order valence-corrected chi connectivity index (χ2v) is 2.87. The molecule has 0 heterocycles. The molecule has 0 fully saturated rings. The smallest absolute Gasteiger partial charge is 0.0612 e. The fourth-order valence-corrected chi connectivity index (χ4v) is 0.868. The lowest BCUT2D eigenvalue weighted by Gasteiger charge is -2.04. The van der Waals surface area contributed by atoms with E-state index in [1.54, 1.807) is 6.08 Å². The summed E-state index contributed by atoms with van der Waals surface area (Å²) in [5, 5.41) is 17.1. The fourth-order valence-electron chi connectivity index (χ4n) is 0.868. The minimum Gasteiger partial charge on any atom is -0.396 e. The van der Waals surface area contributed by atoms with Gasteiger partial charge in [0.15, 0.2) is 0 Å². The molecular formula is C9H18O2. The zero-order valence-electron chi connectivity index (χ0n) is 7.16. The van der Waals surface area contributed by atoms with E-state index in [1.807, 2.05) is 13.0 Å². The maximum absolute atomic E-state index is 8.68. The van der Waals surface area contributed by atoms with Gasteiger partial charge in [-0.15, -0.1) is 0 Å². The van der Waals surface area contributed by atoms with Crippen molar-refractivity contribution in [2.24, 2.45) is 5.92 Å². The lowest BCUT2D eigenvalue weighted by atomic mass is 10.1. The van der Waals surface area contributed by atoms with Crippen LogP contribution < -0.4 is 0 Å². The van der Waals surface area contributed by atoms with E-state index >= 15 is 0 Å². The van der Waals surface area contributed by atoms with Crippen LogP contribution in [0.2, 0.25) is 0 Å². The summed E-state index contributed by atoms with van der Waals surface area (Å²) in [5.74, 6) is 0.414. The van der Waals surface area contributed by atoms with E-state index in [1.165, 1.54) is 0 Å². The summed E-state index contributed by atoms with van der Waals surface area (Å²) in [6, 6.07) is 0. The van der Waals surface area contributed by atoms with Crippen LogP contribution in [0.5, 0.6) is 0 Å². The highest BCUT2D eigenvalue weighted by Crippen LogP contribution is 2.06. The Bertz CT molecular complexity index is 99.7. The normalized spacial score (nSPS) is 14.1. The van der Waals surface area contributed by atoms with Crippen molar-refractivity contribution in [1.82, 2.24) is 0 Å². The Labute approximate surface area is 68.6 Å². The first kappa shape index (κ1) is 10.7. The van der Waals surface area contributed by atoms with Gasteiger partial charge in [-0.25, -0.2) is 0 Å². The zero-order valence-corrected chi connectivity index (χ0v) is 7.16. The average Bonchev–Trinajstić information content (AvgIpc) is 2.04. The van der Waals surface area contributed by atoms with Gasteiger partial charge < -0.3 is 10.2 Å². The lowest BCUT2D eigenvalue weighted by Crippen LogP contribution is -1.99. The number of allylic oxidation sites excluding steroid dienone is 1. The summed E-state index contributed by atoms with van der Waals surface area (Å²) in [6.07, 6.45) is 6.89. The van der Waals surface area contributed by atoms with Crippen molar-refractivity contribution in [1.29, 1.82) is 0 Å². The molecule has 0 aromatic rings. The molecule has 2 heteroatoms. The molecule has 0 aliphatic carbocycles. The maximum Gasteiger partial charge on any atom is 0.0612 e. The third-order valence-corrected chi connectivity index (χ3v) is 1.65. The number of unbranched alkanes of at least 4 members (excludes halogenated alkanes) is 1. The zero-order chi connectivity index (χ0) is 8.53. The predicted molar refractivity (Wildman–Crippen MR) is 46.3 cm³/mol. The van der Waals surface area contributed by atoms with E-state index in [4.69, 9.17) is 10.2 Å². The third-order valence-electron chi connectivity index (χ3n) is 1.65. The lowest BCUT2D eigenvalue weighted by molar-refractivity contribution is 0.228. The van der Waals surface area contributed by atoms with Crippen LogP contribution in [-0.4, -0.2) is 23.4 Å². The van der Waals surface area contributed by atoms with E-state index in [0.29, 0.717) is 5.92 Å². The Balaban J connectivity index is 3.07. The van der Waals surface area contributed by atoms with Gasteiger partial charge in [-0.1, -0.05) is 19.1 Å². The minimum atomic E-state index is 0.134. The van der Waals surface area contributed by atoms with Crippen LogP contribution in [0.3, 0.4) is 0 Å².